The molecule has 0 radical (unpaired) electrons. The third-order valence-electron chi connectivity index (χ3n) is 2.32. The molecule has 1 aromatic rings. The molecular formula is C10H9F3O. The Morgan fingerprint density at radius 1 is 1.14 bits per heavy atom. The average Bonchev–Trinajstić information content (AvgIpc) is 2.83. The summed E-state index contributed by atoms with van der Waals surface area (Å²) < 4.78 is 37.0. The summed E-state index contributed by atoms with van der Waals surface area (Å²) in [5.74, 6) is -0.0927. The summed E-state index contributed by atoms with van der Waals surface area (Å²) >= 11 is 0. The second-order valence-corrected chi connectivity index (χ2v) is 3.59. The fraction of sp³-hybridized carbons (Fsp3) is 0.400. The SMILES string of the molecule is Oc1cc(C2CC2)cc(C(F)(F)F)c1. The zero-order valence-electron chi connectivity index (χ0n) is 7.30. The Morgan fingerprint density at radius 3 is 2.29 bits per heavy atom. The van der Waals surface area contributed by atoms with Crippen molar-refractivity contribution in [1.29, 1.82) is 0 Å². The van der Waals surface area contributed by atoms with Gasteiger partial charge in [-0.15, -0.1) is 0 Å². The largest absolute Gasteiger partial charge is 0.508 e. The first kappa shape index (κ1) is 9.37. The van der Waals surface area contributed by atoms with Crippen molar-refractivity contribution >= 4 is 0 Å². The molecule has 0 unspecified atom stereocenters. The summed E-state index contributed by atoms with van der Waals surface area (Å²) in [4.78, 5) is 0. The van der Waals surface area contributed by atoms with Gasteiger partial charge in [0.1, 0.15) is 5.75 Å². The number of hydrogen-bond acceptors (Lipinski definition) is 1. The van der Waals surface area contributed by atoms with Crippen LogP contribution in [0, 0.1) is 0 Å². The molecule has 76 valence electrons. The number of rotatable bonds is 1. The van der Waals surface area contributed by atoms with E-state index in [-0.39, 0.29) is 11.7 Å². The van der Waals surface area contributed by atoms with Crippen LogP contribution in [0.25, 0.3) is 0 Å². The predicted octanol–water partition coefficient (Wildman–Crippen LogP) is 3.29. The molecule has 0 saturated heterocycles. The van der Waals surface area contributed by atoms with Crippen LogP contribution in [0.3, 0.4) is 0 Å². The number of aromatic hydroxyl groups is 1. The monoisotopic (exact) mass is 202 g/mol. The molecule has 0 aliphatic heterocycles. The molecule has 0 amide bonds. The summed E-state index contributed by atoms with van der Waals surface area (Å²) in [6, 6.07) is 3.29. The number of benzene rings is 1. The van der Waals surface area contributed by atoms with Crippen LogP contribution in [0.5, 0.6) is 5.75 Å². The summed E-state index contributed by atoms with van der Waals surface area (Å²) in [5, 5.41) is 9.13. The summed E-state index contributed by atoms with van der Waals surface area (Å²) in [7, 11) is 0. The van der Waals surface area contributed by atoms with Gasteiger partial charge in [0.25, 0.3) is 0 Å². The molecule has 1 aromatic carbocycles. The number of hydrogen-bond donors (Lipinski definition) is 1. The minimum atomic E-state index is -4.37. The Kier molecular flexibility index (Phi) is 1.94. The predicted molar refractivity (Wildman–Crippen MR) is 45.1 cm³/mol. The molecule has 4 heteroatoms. The fourth-order valence-electron chi connectivity index (χ4n) is 1.45. The maximum absolute atomic E-state index is 12.3. The van der Waals surface area contributed by atoms with E-state index >= 15 is 0 Å². The van der Waals surface area contributed by atoms with Crippen molar-refractivity contribution in [2.45, 2.75) is 24.9 Å². The van der Waals surface area contributed by atoms with Crippen LogP contribution in [-0.2, 0) is 6.18 Å². The van der Waals surface area contributed by atoms with E-state index in [1.807, 2.05) is 0 Å². The molecule has 1 fully saturated rings. The lowest BCUT2D eigenvalue weighted by atomic mass is 10.1. The van der Waals surface area contributed by atoms with Crippen LogP contribution in [0.1, 0.15) is 29.9 Å². The first-order valence-corrected chi connectivity index (χ1v) is 4.38. The van der Waals surface area contributed by atoms with Crippen LogP contribution in [-0.4, -0.2) is 5.11 Å². The Morgan fingerprint density at radius 2 is 1.79 bits per heavy atom. The molecule has 1 aliphatic carbocycles. The Labute approximate surface area is 79.2 Å². The van der Waals surface area contributed by atoms with Crippen molar-refractivity contribution in [2.24, 2.45) is 0 Å². The van der Waals surface area contributed by atoms with Gasteiger partial charge in [-0.1, -0.05) is 0 Å². The maximum atomic E-state index is 12.3. The highest BCUT2D eigenvalue weighted by Gasteiger charge is 2.33. The van der Waals surface area contributed by atoms with Crippen LogP contribution in [0.2, 0.25) is 0 Å². The molecule has 1 aliphatic rings. The molecule has 0 bridgehead atoms. The Balaban J connectivity index is 2.41. The van der Waals surface area contributed by atoms with Gasteiger partial charge in [0.15, 0.2) is 0 Å². The van der Waals surface area contributed by atoms with Gasteiger partial charge in [-0.2, -0.15) is 13.2 Å². The quantitative estimate of drug-likeness (QED) is 0.740. The van der Waals surface area contributed by atoms with Gasteiger partial charge in [0.2, 0.25) is 0 Å². The second-order valence-electron chi connectivity index (χ2n) is 3.59. The molecular weight excluding hydrogens is 193 g/mol. The average molecular weight is 202 g/mol. The zero-order valence-corrected chi connectivity index (χ0v) is 7.30. The number of phenolic OH excluding ortho intramolecular Hbond substituents is 1. The van der Waals surface area contributed by atoms with Crippen molar-refractivity contribution in [3.05, 3.63) is 29.3 Å². The molecule has 0 aromatic heterocycles. The fourth-order valence-corrected chi connectivity index (χ4v) is 1.45. The topological polar surface area (TPSA) is 20.2 Å². The first-order chi connectivity index (χ1) is 6.47. The number of phenols is 1. The zero-order chi connectivity index (χ0) is 10.3. The molecule has 1 nitrogen and oxygen atoms in total. The van der Waals surface area contributed by atoms with Crippen LogP contribution in [0.4, 0.5) is 13.2 Å². The molecule has 14 heavy (non-hydrogen) atoms. The molecule has 0 heterocycles. The van der Waals surface area contributed by atoms with Gasteiger partial charge < -0.3 is 5.11 Å². The van der Waals surface area contributed by atoms with E-state index in [1.54, 1.807) is 0 Å². The second kappa shape index (κ2) is 2.90. The van der Waals surface area contributed by atoms with Crippen LogP contribution in [0.15, 0.2) is 18.2 Å². The van der Waals surface area contributed by atoms with Gasteiger partial charge >= 0.3 is 6.18 Å². The van der Waals surface area contributed by atoms with E-state index in [9.17, 15) is 13.2 Å². The van der Waals surface area contributed by atoms with E-state index in [2.05, 4.69) is 0 Å². The lowest BCUT2D eigenvalue weighted by Crippen LogP contribution is -2.05. The van der Waals surface area contributed by atoms with Crippen molar-refractivity contribution in [1.82, 2.24) is 0 Å². The minimum absolute atomic E-state index is 0.211. The van der Waals surface area contributed by atoms with Gasteiger partial charge in [0.05, 0.1) is 5.56 Å². The van der Waals surface area contributed by atoms with Crippen LogP contribution < -0.4 is 0 Å². The third kappa shape index (κ3) is 1.84. The van der Waals surface area contributed by atoms with Crippen molar-refractivity contribution in [3.8, 4) is 5.75 Å². The molecule has 2 rings (SSSR count). The normalized spacial score (nSPS) is 17.1. The first-order valence-electron chi connectivity index (χ1n) is 4.38. The summed E-state index contributed by atoms with van der Waals surface area (Å²) in [6.45, 7) is 0. The Bertz CT molecular complexity index is 353. The highest BCUT2D eigenvalue weighted by Crippen LogP contribution is 2.43. The molecule has 0 atom stereocenters. The van der Waals surface area contributed by atoms with E-state index < -0.39 is 11.7 Å². The van der Waals surface area contributed by atoms with Crippen LogP contribution >= 0.6 is 0 Å². The van der Waals surface area contributed by atoms with Crippen molar-refractivity contribution in [3.63, 3.8) is 0 Å². The molecule has 1 saturated carbocycles. The smallest absolute Gasteiger partial charge is 0.416 e. The maximum Gasteiger partial charge on any atom is 0.416 e. The van der Waals surface area contributed by atoms with Gasteiger partial charge in [-0.05, 0) is 42.5 Å². The lowest BCUT2D eigenvalue weighted by molar-refractivity contribution is -0.137. The van der Waals surface area contributed by atoms with E-state index in [4.69, 9.17) is 5.11 Å². The van der Waals surface area contributed by atoms with Gasteiger partial charge in [-0.25, -0.2) is 0 Å². The standard InChI is InChI=1S/C10H9F3O/c11-10(12,13)8-3-7(6-1-2-6)4-9(14)5-8/h3-6,14H,1-2H2. The van der Waals surface area contributed by atoms with Crippen molar-refractivity contribution in [2.75, 3.05) is 0 Å². The molecule has 0 spiro atoms. The van der Waals surface area contributed by atoms with E-state index in [1.165, 1.54) is 6.07 Å². The minimum Gasteiger partial charge on any atom is -0.508 e. The Hall–Kier alpha value is -1.19. The third-order valence-corrected chi connectivity index (χ3v) is 2.32. The highest BCUT2D eigenvalue weighted by molar-refractivity contribution is 5.38. The van der Waals surface area contributed by atoms with E-state index in [0.29, 0.717) is 5.56 Å². The number of halogens is 3. The highest BCUT2D eigenvalue weighted by atomic mass is 19.4. The van der Waals surface area contributed by atoms with E-state index in [0.717, 1.165) is 25.0 Å². The lowest BCUT2D eigenvalue weighted by Gasteiger charge is -2.09. The van der Waals surface area contributed by atoms with Gasteiger partial charge in [0, 0.05) is 0 Å². The van der Waals surface area contributed by atoms with Gasteiger partial charge in [-0.3, -0.25) is 0 Å². The summed E-state index contributed by atoms with van der Waals surface area (Å²) in [6.07, 6.45) is -2.54. The van der Waals surface area contributed by atoms with Crippen molar-refractivity contribution < 1.29 is 18.3 Å². The summed E-state index contributed by atoms with van der Waals surface area (Å²) in [5.41, 5.74) is -0.170. The number of alkyl halides is 3. The molecule has 1 N–H and O–H groups in total.